The van der Waals surface area contributed by atoms with Crippen molar-refractivity contribution < 1.29 is 24.2 Å². The number of piperazine rings is 1. The number of aromatic nitrogens is 2. The summed E-state index contributed by atoms with van der Waals surface area (Å²) in [6, 6.07) is 2.48. The number of hydrogen-bond donors (Lipinski definition) is 1. The second kappa shape index (κ2) is 6.58. The number of anilines is 3. The number of halogens is 5. The Kier molecular flexibility index (Phi) is 4.72. The van der Waals surface area contributed by atoms with Crippen LogP contribution in [0, 0.1) is 0 Å². The van der Waals surface area contributed by atoms with E-state index in [1.54, 1.807) is 4.90 Å². The van der Waals surface area contributed by atoms with Crippen molar-refractivity contribution in [1.29, 1.82) is 0 Å². The molecule has 158 valence electrons. The van der Waals surface area contributed by atoms with Gasteiger partial charge >= 0.3 is 10.2 Å². The van der Waals surface area contributed by atoms with Gasteiger partial charge in [-0.3, -0.25) is 4.79 Å². The van der Waals surface area contributed by atoms with Crippen LogP contribution in [0.1, 0.15) is 0 Å². The minimum atomic E-state index is -9.72. The van der Waals surface area contributed by atoms with Crippen LogP contribution in [0.5, 0.6) is 0 Å². The van der Waals surface area contributed by atoms with Crippen LogP contribution in [0.25, 0.3) is 0 Å². The van der Waals surface area contributed by atoms with Crippen molar-refractivity contribution in [1.82, 2.24) is 14.9 Å². The fraction of sp³-hybridized carbons (Fsp3) is 0.235. The molecular formula is C17H18F5N5OS. The molecule has 1 N–H and O–H groups in total. The summed E-state index contributed by atoms with van der Waals surface area (Å²) in [5.74, 6) is 0.525. The first-order valence-electron chi connectivity index (χ1n) is 8.46. The lowest BCUT2D eigenvalue weighted by atomic mass is 10.3. The van der Waals surface area contributed by atoms with E-state index in [2.05, 4.69) is 21.9 Å². The van der Waals surface area contributed by atoms with E-state index in [0.29, 0.717) is 44.1 Å². The van der Waals surface area contributed by atoms with Gasteiger partial charge in [0.05, 0.1) is 0 Å². The molecule has 1 aromatic heterocycles. The molecule has 1 fully saturated rings. The molecule has 6 nitrogen and oxygen atoms in total. The van der Waals surface area contributed by atoms with Crippen molar-refractivity contribution in [2.24, 2.45) is 0 Å². The number of rotatable bonds is 5. The molecule has 1 aliphatic heterocycles. The second-order valence-electron chi connectivity index (χ2n) is 6.36. The van der Waals surface area contributed by atoms with Gasteiger partial charge in [0.2, 0.25) is 5.91 Å². The number of benzene rings is 1. The van der Waals surface area contributed by atoms with Crippen LogP contribution in [-0.2, 0) is 4.79 Å². The van der Waals surface area contributed by atoms with E-state index in [-0.39, 0.29) is 17.4 Å². The number of nitrogens with one attached hydrogen (secondary N) is 1. The average molecular weight is 435 g/mol. The van der Waals surface area contributed by atoms with Gasteiger partial charge in [0.25, 0.3) is 0 Å². The van der Waals surface area contributed by atoms with E-state index in [0.717, 1.165) is 12.1 Å². The molecule has 3 rings (SSSR count). The third-order valence-corrected chi connectivity index (χ3v) is 5.47. The third kappa shape index (κ3) is 4.94. The quantitative estimate of drug-likeness (QED) is 0.544. The highest BCUT2D eigenvalue weighted by atomic mass is 32.5. The number of amides is 1. The fourth-order valence-corrected chi connectivity index (χ4v) is 3.50. The van der Waals surface area contributed by atoms with E-state index >= 15 is 0 Å². The van der Waals surface area contributed by atoms with Gasteiger partial charge in [0.1, 0.15) is 4.90 Å². The topological polar surface area (TPSA) is 61.4 Å². The van der Waals surface area contributed by atoms with Crippen molar-refractivity contribution in [3.05, 3.63) is 49.3 Å². The van der Waals surface area contributed by atoms with E-state index in [1.165, 1.54) is 18.5 Å². The summed E-state index contributed by atoms with van der Waals surface area (Å²) in [4.78, 5) is 21.6. The predicted molar refractivity (Wildman–Crippen MR) is 102 cm³/mol. The predicted octanol–water partition coefficient (Wildman–Crippen LogP) is 4.71. The molecule has 2 aromatic rings. The standard InChI is InChI=1S/C17H18F5N5OS/c1-2-15(28)26-9-11-27(12-10-26)17-16(23-7-8-24-17)25-13-3-5-14(6-4-13)29(18,19,20,21)22/h2-8H,1,9-12H2,(H,23,25). The van der Waals surface area contributed by atoms with Crippen molar-refractivity contribution in [2.75, 3.05) is 36.4 Å². The summed E-state index contributed by atoms with van der Waals surface area (Å²) in [6.07, 6.45) is 4.09. The molecule has 0 radical (unpaired) electrons. The maximum Gasteiger partial charge on any atom is 0.310 e. The van der Waals surface area contributed by atoms with Crippen LogP contribution < -0.4 is 10.2 Å². The first-order chi connectivity index (χ1) is 13.4. The molecule has 12 heteroatoms. The first-order valence-corrected chi connectivity index (χ1v) is 10.4. The van der Waals surface area contributed by atoms with Crippen molar-refractivity contribution in [3.63, 3.8) is 0 Å². The molecule has 0 unspecified atom stereocenters. The highest BCUT2D eigenvalue weighted by Gasteiger charge is 2.65. The molecule has 29 heavy (non-hydrogen) atoms. The zero-order valence-electron chi connectivity index (χ0n) is 15.1. The molecule has 0 bridgehead atoms. The van der Waals surface area contributed by atoms with Gasteiger partial charge in [0, 0.05) is 44.3 Å². The van der Waals surface area contributed by atoms with Gasteiger partial charge in [0.15, 0.2) is 11.6 Å². The average Bonchev–Trinajstić information content (AvgIpc) is 2.66. The lowest BCUT2D eigenvalue weighted by Gasteiger charge is -2.40. The molecule has 0 aliphatic carbocycles. The fourth-order valence-electron chi connectivity index (χ4n) is 2.85. The van der Waals surface area contributed by atoms with Crippen molar-refractivity contribution in [2.45, 2.75) is 4.90 Å². The highest BCUT2D eigenvalue weighted by molar-refractivity contribution is 8.45. The van der Waals surface area contributed by atoms with Crippen LogP contribution in [0.2, 0.25) is 0 Å². The summed E-state index contributed by atoms with van der Waals surface area (Å²) in [6.45, 7) is 5.28. The molecule has 1 aromatic carbocycles. The second-order valence-corrected chi connectivity index (χ2v) is 8.77. The number of nitrogens with zero attached hydrogens (tertiary/aromatic N) is 4. The van der Waals surface area contributed by atoms with Crippen LogP contribution in [-0.4, -0.2) is 47.0 Å². The largest absolute Gasteiger partial charge is 0.350 e. The number of hydrogen-bond acceptors (Lipinski definition) is 5. The van der Waals surface area contributed by atoms with Crippen LogP contribution in [0.4, 0.5) is 36.8 Å². The van der Waals surface area contributed by atoms with Gasteiger partial charge in [-0.2, -0.15) is 0 Å². The number of carbonyl (C=O) groups excluding carboxylic acids is 1. The Bertz CT molecular complexity index is 928. The van der Waals surface area contributed by atoms with Gasteiger partial charge in [-0.15, -0.1) is 0 Å². The third-order valence-electron chi connectivity index (χ3n) is 4.31. The SMILES string of the molecule is C=CC(=O)N1CCN(c2nccnc2Nc2ccc(S(F)(F)(F)(F)F)cc2)CC1. The molecule has 0 spiro atoms. The minimum Gasteiger partial charge on any atom is -0.350 e. The van der Waals surface area contributed by atoms with Gasteiger partial charge in [-0.05, 0) is 30.3 Å². The first kappa shape index (κ1) is 20.8. The monoisotopic (exact) mass is 435 g/mol. The Balaban J connectivity index is 1.77. The minimum absolute atomic E-state index is 0.151. The number of carbonyl (C=O) groups is 1. The van der Waals surface area contributed by atoms with E-state index < -0.39 is 15.1 Å². The zero-order valence-corrected chi connectivity index (χ0v) is 15.9. The Hall–Kier alpha value is -2.89. The lowest BCUT2D eigenvalue weighted by Crippen LogP contribution is -2.48. The van der Waals surface area contributed by atoms with E-state index in [1.807, 2.05) is 4.90 Å². The highest BCUT2D eigenvalue weighted by Crippen LogP contribution is 3.02. The van der Waals surface area contributed by atoms with Crippen molar-refractivity contribution in [3.8, 4) is 0 Å². The van der Waals surface area contributed by atoms with Crippen LogP contribution in [0.3, 0.4) is 0 Å². The van der Waals surface area contributed by atoms with Gasteiger partial charge in [-0.25, -0.2) is 9.97 Å². The lowest BCUT2D eigenvalue weighted by molar-refractivity contribution is -0.126. The Morgan fingerprint density at radius 2 is 1.59 bits per heavy atom. The summed E-state index contributed by atoms with van der Waals surface area (Å²) in [7, 11) is -9.72. The molecule has 0 saturated carbocycles. The molecule has 2 heterocycles. The Morgan fingerprint density at radius 1 is 1.00 bits per heavy atom. The maximum atomic E-state index is 12.8. The summed E-state index contributed by atoms with van der Waals surface area (Å²) in [5, 5.41) is 2.81. The van der Waals surface area contributed by atoms with Crippen LogP contribution in [0.15, 0.2) is 54.2 Å². The van der Waals surface area contributed by atoms with E-state index in [4.69, 9.17) is 0 Å². The van der Waals surface area contributed by atoms with Crippen LogP contribution >= 0.6 is 10.2 Å². The molecular weight excluding hydrogens is 417 g/mol. The molecule has 1 aliphatic rings. The smallest absolute Gasteiger partial charge is 0.310 e. The van der Waals surface area contributed by atoms with E-state index in [9.17, 15) is 24.2 Å². The normalized spacial score (nSPS) is 17.3. The molecule has 1 saturated heterocycles. The van der Waals surface area contributed by atoms with Crippen molar-refractivity contribution >= 4 is 33.5 Å². The molecule has 0 atom stereocenters. The maximum absolute atomic E-state index is 12.8. The molecule has 1 amide bonds. The zero-order chi connectivity index (χ0) is 21.3. The Morgan fingerprint density at radius 3 is 2.14 bits per heavy atom. The van der Waals surface area contributed by atoms with Gasteiger partial charge in [-0.1, -0.05) is 26.0 Å². The summed E-state index contributed by atoms with van der Waals surface area (Å²) < 4.78 is 64.2. The summed E-state index contributed by atoms with van der Waals surface area (Å²) in [5.41, 5.74) is 0.151. The summed E-state index contributed by atoms with van der Waals surface area (Å²) >= 11 is 0. The van der Waals surface area contributed by atoms with Gasteiger partial charge < -0.3 is 15.1 Å². The Labute approximate surface area is 163 Å².